The van der Waals surface area contributed by atoms with Crippen molar-refractivity contribution in [3.63, 3.8) is 0 Å². The van der Waals surface area contributed by atoms with Crippen LogP contribution in [0.4, 0.5) is 0 Å². The van der Waals surface area contributed by atoms with E-state index in [-0.39, 0.29) is 17.7 Å². The van der Waals surface area contributed by atoms with Crippen LogP contribution in [-0.2, 0) is 16.1 Å². The Labute approximate surface area is 199 Å². The minimum Gasteiger partial charge on any atom is -0.497 e. The van der Waals surface area contributed by atoms with Gasteiger partial charge in [-0.1, -0.05) is 40.2 Å². The Morgan fingerprint density at radius 2 is 1.73 bits per heavy atom. The first kappa shape index (κ1) is 22.3. The molecule has 0 unspecified atom stereocenters. The molecule has 4 rings (SSSR count). The van der Waals surface area contributed by atoms with E-state index in [0.29, 0.717) is 22.8 Å². The largest absolute Gasteiger partial charge is 0.497 e. The maximum atomic E-state index is 13.3. The van der Waals surface area contributed by atoms with Gasteiger partial charge in [-0.2, -0.15) is 5.26 Å². The second-order valence-electron chi connectivity index (χ2n) is 7.42. The van der Waals surface area contributed by atoms with Crippen molar-refractivity contribution in [1.82, 2.24) is 4.90 Å². The van der Waals surface area contributed by atoms with Gasteiger partial charge in [-0.25, -0.2) is 0 Å². The average Bonchev–Trinajstić information content (AvgIpc) is 3.29. The third-order valence-corrected chi connectivity index (χ3v) is 5.90. The van der Waals surface area contributed by atoms with E-state index >= 15 is 0 Å². The zero-order chi connectivity index (χ0) is 23.5. The van der Waals surface area contributed by atoms with E-state index in [1.807, 2.05) is 36.4 Å². The topological polar surface area (TPSA) is 83.5 Å². The van der Waals surface area contributed by atoms with Crippen molar-refractivity contribution in [1.29, 1.82) is 5.26 Å². The summed E-state index contributed by atoms with van der Waals surface area (Å²) in [5.41, 5.74) is 2.15. The second-order valence-corrected chi connectivity index (χ2v) is 8.34. The summed E-state index contributed by atoms with van der Waals surface area (Å²) in [7, 11) is 1.56. The number of halogens is 1. The molecule has 2 aromatic carbocycles. The van der Waals surface area contributed by atoms with E-state index in [4.69, 9.17) is 9.15 Å². The van der Waals surface area contributed by atoms with Crippen LogP contribution in [0, 0.1) is 11.3 Å². The minimum absolute atomic E-state index is 0.0414. The van der Waals surface area contributed by atoms with Crippen LogP contribution in [0.2, 0.25) is 0 Å². The van der Waals surface area contributed by atoms with Crippen molar-refractivity contribution >= 4 is 33.8 Å². The number of ether oxygens (including phenoxy) is 1. The van der Waals surface area contributed by atoms with Gasteiger partial charge in [-0.15, -0.1) is 0 Å². The van der Waals surface area contributed by atoms with Crippen molar-refractivity contribution in [2.45, 2.75) is 13.5 Å². The summed E-state index contributed by atoms with van der Waals surface area (Å²) in [4.78, 5) is 27.2. The molecule has 0 aliphatic carbocycles. The molecule has 0 bridgehead atoms. The van der Waals surface area contributed by atoms with Crippen LogP contribution in [0.15, 0.2) is 86.3 Å². The van der Waals surface area contributed by atoms with Crippen molar-refractivity contribution in [2.75, 3.05) is 7.11 Å². The first-order valence-electron chi connectivity index (χ1n) is 10.1. The van der Waals surface area contributed by atoms with Crippen LogP contribution < -0.4 is 4.74 Å². The fourth-order valence-electron chi connectivity index (χ4n) is 3.53. The van der Waals surface area contributed by atoms with Gasteiger partial charge in [0.05, 0.1) is 13.7 Å². The van der Waals surface area contributed by atoms with Crippen LogP contribution in [0.25, 0.3) is 17.4 Å². The lowest BCUT2D eigenvalue weighted by molar-refractivity contribution is -0.141. The number of amides is 2. The third-order valence-electron chi connectivity index (χ3n) is 5.37. The van der Waals surface area contributed by atoms with Crippen molar-refractivity contribution in [2.24, 2.45) is 0 Å². The van der Waals surface area contributed by atoms with Crippen molar-refractivity contribution in [3.8, 4) is 23.1 Å². The van der Waals surface area contributed by atoms with Gasteiger partial charge in [0.2, 0.25) is 0 Å². The molecule has 6 nitrogen and oxygen atoms in total. The van der Waals surface area contributed by atoms with Gasteiger partial charge in [0.1, 0.15) is 28.9 Å². The van der Waals surface area contributed by atoms with Crippen LogP contribution in [0.1, 0.15) is 18.2 Å². The number of nitriles is 1. The molecular weight excluding hydrogens is 484 g/mol. The third kappa shape index (κ3) is 4.52. The number of benzene rings is 2. The first-order chi connectivity index (χ1) is 15.9. The van der Waals surface area contributed by atoms with Gasteiger partial charge in [-0.3, -0.25) is 14.5 Å². The number of imide groups is 1. The van der Waals surface area contributed by atoms with Gasteiger partial charge in [0.25, 0.3) is 11.8 Å². The zero-order valence-corrected chi connectivity index (χ0v) is 19.5. The quantitative estimate of drug-likeness (QED) is 0.339. The Balaban J connectivity index is 1.68. The molecule has 1 aromatic heterocycles. The molecule has 0 saturated heterocycles. The standard InChI is InChI=1S/C26H19BrN2O4/c1-16-22(13-21-11-12-24(33-21)18-5-7-19(27)8-6-18)25(30)29(26(31)23(16)14-28)15-17-3-9-20(32-2)10-4-17/h3-13H,15H2,1-2H3/b22-13+. The molecule has 3 aromatic rings. The lowest BCUT2D eigenvalue weighted by Crippen LogP contribution is -2.42. The Morgan fingerprint density at radius 1 is 1.03 bits per heavy atom. The fourth-order valence-corrected chi connectivity index (χ4v) is 3.79. The molecule has 1 aliphatic rings. The summed E-state index contributed by atoms with van der Waals surface area (Å²) in [6, 6.07) is 20.2. The van der Waals surface area contributed by atoms with Crippen LogP contribution in [0.5, 0.6) is 5.75 Å². The number of hydrogen-bond acceptors (Lipinski definition) is 5. The lowest BCUT2D eigenvalue weighted by atomic mass is 9.94. The average molecular weight is 503 g/mol. The fraction of sp³-hybridized carbons (Fsp3) is 0.115. The molecule has 2 heterocycles. The van der Waals surface area contributed by atoms with E-state index < -0.39 is 11.8 Å². The molecule has 0 spiro atoms. The number of furan rings is 1. The minimum atomic E-state index is -0.608. The van der Waals surface area contributed by atoms with E-state index in [1.54, 1.807) is 50.4 Å². The highest BCUT2D eigenvalue weighted by atomic mass is 79.9. The van der Waals surface area contributed by atoms with E-state index in [1.165, 1.54) is 0 Å². The van der Waals surface area contributed by atoms with Gasteiger partial charge in [0, 0.05) is 15.6 Å². The van der Waals surface area contributed by atoms with Gasteiger partial charge in [-0.05, 0) is 60.5 Å². The summed E-state index contributed by atoms with van der Waals surface area (Å²) in [6.45, 7) is 1.64. The summed E-state index contributed by atoms with van der Waals surface area (Å²) >= 11 is 3.41. The predicted molar refractivity (Wildman–Crippen MR) is 127 cm³/mol. The van der Waals surface area contributed by atoms with Crippen LogP contribution >= 0.6 is 15.9 Å². The van der Waals surface area contributed by atoms with Crippen molar-refractivity contribution < 1.29 is 18.7 Å². The first-order valence-corrected chi connectivity index (χ1v) is 10.9. The molecule has 0 N–H and O–H groups in total. The summed E-state index contributed by atoms with van der Waals surface area (Å²) in [5, 5.41) is 9.59. The Kier molecular flexibility index (Phi) is 6.29. The van der Waals surface area contributed by atoms with Crippen LogP contribution in [-0.4, -0.2) is 23.8 Å². The van der Waals surface area contributed by atoms with Gasteiger partial charge < -0.3 is 9.15 Å². The van der Waals surface area contributed by atoms with Crippen LogP contribution in [0.3, 0.4) is 0 Å². The molecule has 33 heavy (non-hydrogen) atoms. The van der Waals surface area contributed by atoms with Gasteiger partial charge >= 0.3 is 0 Å². The Bertz CT molecular complexity index is 1330. The Hall–Kier alpha value is -3.89. The highest BCUT2D eigenvalue weighted by Gasteiger charge is 2.35. The summed E-state index contributed by atoms with van der Waals surface area (Å²) in [5.74, 6) is 0.679. The number of hydrogen-bond donors (Lipinski definition) is 0. The van der Waals surface area contributed by atoms with Gasteiger partial charge in [0.15, 0.2) is 0 Å². The molecule has 0 radical (unpaired) electrons. The van der Waals surface area contributed by atoms with Crippen molar-refractivity contribution in [3.05, 3.63) is 93.2 Å². The number of methoxy groups -OCH3 is 1. The zero-order valence-electron chi connectivity index (χ0n) is 18.0. The molecule has 0 fully saturated rings. The maximum Gasteiger partial charge on any atom is 0.271 e. The molecule has 0 atom stereocenters. The number of carbonyl (C=O) groups excluding carboxylic acids is 2. The van der Waals surface area contributed by atoms with E-state index in [0.717, 1.165) is 20.5 Å². The number of carbonyl (C=O) groups is 2. The smallest absolute Gasteiger partial charge is 0.271 e. The normalized spacial score (nSPS) is 15.2. The molecular formula is C26H19BrN2O4. The molecule has 0 saturated carbocycles. The molecule has 7 heteroatoms. The molecule has 1 aliphatic heterocycles. The Morgan fingerprint density at radius 3 is 2.36 bits per heavy atom. The highest BCUT2D eigenvalue weighted by molar-refractivity contribution is 9.10. The lowest BCUT2D eigenvalue weighted by Gasteiger charge is -2.27. The SMILES string of the molecule is COc1ccc(CN2C(=O)C(C#N)=C(C)/C(=C\c3ccc(-c4ccc(Br)cc4)o3)C2=O)cc1. The molecule has 164 valence electrons. The summed E-state index contributed by atoms with van der Waals surface area (Å²) in [6.07, 6.45) is 1.57. The monoisotopic (exact) mass is 502 g/mol. The second kappa shape index (κ2) is 9.31. The summed E-state index contributed by atoms with van der Waals surface area (Å²) < 4.78 is 12.0. The van der Waals surface area contributed by atoms with E-state index in [2.05, 4.69) is 15.9 Å². The number of rotatable bonds is 5. The predicted octanol–water partition coefficient (Wildman–Crippen LogP) is 5.51. The highest BCUT2D eigenvalue weighted by Crippen LogP contribution is 2.30. The maximum absolute atomic E-state index is 13.3. The van der Waals surface area contributed by atoms with E-state index in [9.17, 15) is 14.9 Å². The number of nitrogens with zero attached hydrogens (tertiary/aromatic N) is 2. The molecule has 2 amide bonds.